The average molecular weight is 714 g/mol. The number of ether oxygens (including phenoxy) is 3. The van der Waals surface area contributed by atoms with Gasteiger partial charge in [-0.3, -0.25) is 23.8 Å². The van der Waals surface area contributed by atoms with E-state index in [1.807, 2.05) is 0 Å². The van der Waals surface area contributed by atoms with Crippen molar-refractivity contribution in [1.29, 1.82) is 0 Å². The number of fused-ring (bicyclic) bond motifs is 1. The van der Waals surface area contributed by atoms with E-state index in [-0.39, 0.29) is 28.0 Å². The number of rotatable bonds is 9. The number of β-lactam (4-membered cyclic amide) rings is 1. The van der Waals surface area contributed by atoms with E-state index in [4.69, 9.17) is 24.5 Å². The summed E-state index contributed by atoms with van der Waals surface area (Å²) in [6, 6.07) is 5.27. The Balaban J connectivity index is 0.000000461. The molecule has 2 aliphatic heterocycles. The molecule has 0 spiro atoms. The Bertz CT molecular complexity index is 1700. The van der Waals surface area contributed by atoms with Crippen LogP contribution in [0.2, 0.25) is 0 Å². The fourth-order valence-electron chi connectivity index (χ4n) is 4.18. The summed E-state index contributed by atoms with van der Waals surface area (Å²) in [5.74, 6) is -2.51. The minimum Gasteiger partial charge on any atom is -0.425 e. The Labute approximate surface area is 279 Å². The fraction of sp³-hybridized carbons (Fsp3) is 0.429. The molecule has 1 aromatic heterocycles. The number of nitrogens with one attached hydrogen (secondary N) is 1. The van der Waals surface area contributed by atoms with Crippen LogP contribution in [0.25, 0.3) is 0 Å². The molecule has 16 nitrogen and oxygen atoms in total. The number of benzene rings is 1. The molecule has 2 unspecified atom stereocenters. The second kappa shape index (κ2) is 15.2. The first-order valence-corrected chi connectivity index (χ1v) is 17.1. The van der Waals surface area contributed by atoms with Crippen molar-refractivity contribution >= 4 is 67.8 Å². The van der Waals surface area contributed by atoms with Gasteiger partial charge in [0.25, 0.3) is 21.9 Å². The third-order valence-corrected chi connectivity index (χ3v) is 9.48. The van der Waals surface area contributed by atoms with Gasteiger partial charge in [0.2, 0.25) is 6.29 Å². The second-order valence-corrected chi connectivity index (χ2v) is 14.5. The average Bonchev–Trinajstić information content (AvgIpc) is 3.41. The molecule has 19 heteroatoms. The number of nitrogens with zero attached hydrogens (tertiary/aromatic N) is 3. The Morgan fingerprint density at radius 3 is 2.40 bits per heavy atom. The molecule has 47 heavy (non-hydrogen) atoms. The molecule has 1 saturated heterocycles. The Kier molecular flexibility index (Phi) is 12.1. The molecule has 4 rings (SSSR count). The molecule has 3 atom stereocenters. The highest BCUT2D eigenvalue weighted by atomic mass is 32.2. The molecule has 1 fully saturated rings. The molecular weight excluding hydrogens is 679 g/mol. The smallest absolute Gasteiger partial charge is 0.358 e. The number of carbonyl (C=O) groups is 4. The van der Waals surface area contributed by atoms with Crippen LogP contribution in [0.1, 0.15) is 39.0 Å². The van der Waals surface area contributed by atoms with Crippen molar-refractivity contribution in [1.82, 2.24) is 15.2 Å². The number of anilines is 1. The van der Waals surface area contributed by atoms with Crippen LogP contribution in [0.3, 0.4) is 0 Å². The van der Waals surface area contributed by atoms with Gasteiger partial charge in [-0.2, -0.15) is 8.42 Å². The van der Waals surface area contributed by atoms with E-state index in [2.05, 4.69) is 15.5 Å². The number of nitrogens with two attached hydrogens (primary N) is 1. The zero-order valence-corrected chi connectivity index (χ0v) is 28.7. The number of hydrogen-bond acceptors (Lipinski definition) is 15. The quantitative estimate of drug-likeness (QED) is 0.0553. The molecule has 0 radical (unpaired) electrons. The number of aromatic nitrogens is 1. The van der Waals surface area contributed by atoms with Crippen LogP contribution in [0.4, 0.5) is 5.13 Å². The highest BCUT2D eigenvalue weighted by molar-refractivity contribution is 8.00. The molecule has 2 aromatic rings. The van der Waals surface area contributed by atoms with Crippen LogP contribution >= 0.6 is 23.1 Å². The van der Waals surface area contributed by atoms with Gasteiger partial charge < -0.3 is 30.5 Å². The van der Waals surface area contributed by atoms with E-state index in [0.717, 1.165) is 11.3 Å². The van der Waals surface area contributed by atoms with Crippen molar-refractivity contribution in [3.05, 3.63) is 52.2 Å². The number of aryl methyl sites for hydroxylation is 1. The van der Waals surface area contributed by atoms with Gasteiger partial charge in [0.1, 0.15) is 22.8 Å². The van der Waals surface area contributed by atoms with Crippen molar-refractivity contribution in [3.63, 3.8) is 0 Å². The van der Waals surface area contributed by atoms with Crippen molar-refractivity contribution < 1.29 is 51.6 Å². The largest absolute Gasteiger partial charge is 0.425 e. The topological polar surface area (TPSA) is 237 Å². The summed E-state index contributed by atoms with van der Waals surface area (Å²) in [5, 5.41) is 15.8. The third-order valence-electron chi connectivity index (χ3n) is 6.46. The predicted molar refractivity (Wildman–Crippen MR) is 171 cm³/mol. The fourth-order valence-corrected chi connectivity index (χ4v) is 6.78. The Hall–Kier alpha value is -4.04. The van der Waals surface area contributed by atoms with Gasteiger partial charge in [-0.1, -0.05) is 23.4 Å². The summed E-state index contributed by atoms with van der Waals surface area (Å²) in [6.45, 7) is 8.08. The first kappa shape index (κ1) is 37.4. The minimum atomic E-state index is -4.03. The van der Waals surface area contributed by atoms with Gasteiger partial charge in [-0.25, -0.2) is 9.78 Å². The van der Waals surface area contributed by atoms with Crippen molar-refractivity contribution in [2.75, 3.05) is 25.2 Å². The number of amides is 2. The molecule has 0 aliphatic carbocycles. The first-order valence-electron chi connectivity index (χ1n) is 13.8. The van der Waals surface area contributed by atoms with Gasteiger partial charge >= 0.3 is 11.9 Å². The second-order valence-electron chi connectivity index (χ2n) is 11.1. The van der Waals surface area contributed by atoms with Crippen LogP contribution in [-0.2, 0) is 43.5 Å². The molecule has 0 saturated carbocycles. The standard InChI is InChI=1S/C21H27N5O8S2.C7H8O3S/c1-9(34-19(30)21(2,3)4)33-18(29)14-10(6-32-5)7-35-17-13(16(28)26(14)17)24-15(27)12(25-31)11-8-36-20(22)23-11;1-6-4-2-3-5-7(6)11(8,9)10/h8-9,13,17,31H,6-7H2,1-5H3,(H2,22,23)(H,24,27);2-5H,1H3,(H,8,9,10)/b25-12+;/t9?,13?,17-;/m1./s1. The Morgan fingerprint density at radius 2 is 1.89 bits per heavy atom. The lowest BCUT2D eigenvalue weighted by Gasteiger charge is -2.49. The molecule has 0 bridgehead atoms. The maximum atomic E-state index is 13.0. The van der Waals surface area contributed by atoms with Gasteiger partial charge in [-0.05, 0) is 44.9 Å². The number of methoxy groups -OCH3 is 1. The van der Waals surface area contributed by atoms with Gasteiger partial charge in [0.15, 0.2) is 10.8 Å². The monoisotopic (exact) mass is 713 g/mol. The van der Waals surface area contributed by atoms with Crippen LogP contribution in [-0.4, -0.2) is 94.7 Å². The summed E-state index contributed by atoms with van der Waals surface area (Å²) in [7, 11) is -2.59. The van der Waals surface area contributed by atoms with Crippen LogP contribution < -0.4 is 11.1 Å². The summed E-state index contributed by atoms with van der Waals surface area (Å²) in [6.07, 6.45) is -1.20. The summed E-state index contributed by atoms with van der Waals surface area (Å²) < 4.78 is 45.5. The lowest BCUT2D eigenvalue weighted by atomic mass is 9.97. The minimum absolute atomic E-state index is 0.0278. The predicted octanol–water partition coefficient (Wildman–Crippen LogP) is 1.92. The van der Waals surface area contributed by atoms with Crippen LogP contribution in [0.5, 0.6) is 0 Å². The number of hydrogen-bond donors (Lipinski definition) is 4. The Morgan fingerprint density at radius 1 is 1.23 bits per heavy atom. The van der Waals surface area contributed by atoms with Crippen LogP contribution in [0.15, 0.2) is 51.0 Å². The van der Waals surface area contributed by atoms with Gasteiger partial charge in [0.05, 0.1) is 16.9 Å². The molecule has 2 aliphatic rings. The van der Waals surface area contributed by atoms with Crippen molar-refractivity contribution in [2.24, 2.45) is 10.6 Å². The van der Waals surface area contributed by atoms with Gasteiger partial charge in [-0.15, -0.1) is 23.1 Å². The van der Waals surface area contributed by atoms with Crippen LogP contribution in [0, 0.1) is 12.3 Å². The number of esters is 2. The molecular formula is C28H35N5O11S3. The lowest BCUT2D eigenvalue weighted by molar-refractivity contribution is -0.190. The third kappa shape index (κ3) is 9.07. The molecule has 3 heterocycles. The van der Waals surface area contributed by atoms with E-state index in [0.29, 0.717) is 16.9 Å². The van der Waals surface area contributed by atoms with Gasteiger partial charge in [0, 0.05) is 25.2 Å². The zero-order chi connectivity index (χ0) is 35.3. The number of carbonyl (C=O) groups excluding carboxylic acids is 4. The van der Waals surface area contributed by atoms with E-state index in [1.54, 1.807) is 45.9 Å². The number of nitrogen functional groups attached to an aromatic ring is 1. The maximum Gasteiger partial charge on any atom is 0.358 e. The van der Waals surface area contributed by atoms with Crippen molar-refractivity contribution in [3.8, 4) is 0 Å². The molecule has 2 amide bonds. The highest BCUT2D eigenvalue weighted by Crippen LogP contribution is 2.41. The number of thiazole rings is 1. The van der Waals surface area contributed by atoms with E-state index in [9.17, 15) is 32.8 Å². The summed E-state index contributed by atoms with van der Waals surface area (Å²) in [5.41, 5.74) is 5.46. The lowest BCUT2D eigenvalue weighted by Crippen LogP contribution is -2.71. The molecule has 5 N–H and O–H groups in total. The maximum absolute atomic E-state index is 13.0. The number of thioether (sulfide) groups is 1. The zero-order valence-electron chi connectivity index (χ0n) is 26.2. The summed E-state index contributed by atoms with van der Waals surface area (Å²) >= 11 is 2.37. The summed E-state index contributed by atoms with van der Waals surface area (Å²) in [4.78, 5) is 56.0. The SMILES string of the molecule is COCC1=C(C(=O)OC(C)OC(=O)C(C)(C)C)N2C(=O)C(NC(=O)/C(=N/O)c3csc(N)n3)[C@H]2SC1.Cc1ccccc1S(=O)(=O)O. The van der Waals surface area contributed by atoms with E-state index < -0.39 is 62.7 Å². The number of oxime groups is 1. The molecule has 256 valence electrons. The first-order chi connectivity index (χ1) is 21.9. The van der Waals surface area contributed by atoms with E-state index in [1.165, 1.54) is 42.1 Å². The van der Waals surface area contributed by atoms with Crippen molar-refractivity contribution in [2.45, 2.75) is 57.2 Å². The van der Waals surface area contributed by atoms with E-state index >= 15 is 0 Å². The highest BCUT2D eigenvalue weighted by Gasteiger charge is 2.55. The molecule has 1 aromatic carbocycles. The normalized spacial score (nSPS) is 18.7.